The number of benzene rings is 3. The molecule has 4 aromatic rings. The number of aromatic nitrogens is 1. The van der Waals surface area contributed by atoms with Crippen LogP contribution < -0.4 is 0 Å². The SMILES string of the molecule is COCCN(CC(=O)N(CCc1c[nH]c2ccccc12)Cc1ccc(C)cc1)C(=O)c1ccccc1C. The van der Waals surface area contributed by atoms with Crippen LogP contribution in [0.5, 0.6) is 0 Å². The molecule has 192 valence electrons. The lowest BCUT2D eigenvalue weighted by Crippen LogP contribution is -2.44. The van der Waals surface area contributed by atoms with Gasteiger partial charge in [-0.25, -0.2) is 0 Å². The van der Waals surface area contributed by atoms with Gasteiger partial charge in [0.05, 0.1) is 6.61 Å². The van der Waals surface area contributed by atoms with Crippen molar-refractivity contribution >= 4 is 22.7 Å². The molecule has 4 rings (SSSR count). The number of nitrogens with zero attached hydrogens (tertiary/aromatic N) is 2. The average molecular weight is 498 g/mol. The summed E-state index contributed by atoms with van der Waals surface area (Å²) < 4.78 is 5.25. The van der Waals surface area contributed by atoms with Gasteiger partial charge in [-0.1, -0.05) is 66.2 Å². The minimum Gasteiger partial charge on any atom is -0.383 e. The fraction of sp³-hybridized carbons (Fsp3) is 0.290. The number of H-pyrrole nitrogens is 1. The van der Waals surface area contributed by atoms with Crippen molar-refractivity contribution in [2.75, 3.05) is 33.4 Å². The van der Waals surface area contributed by atoms with Crippen molar-refractivity contribution in [1.82, 2.24) is 14.8 Å². The fourth-order valence-corrected chi connectivity index (χ4v) is 4.50. The Morgan fingerprint density at radius 3 is 2.35 bits per heavy atom. The Labute approximate surface area is 218 Å². The molecule has 0 radical (unpaired) electrons. The largest absolute Gasteiger partial charge is 0.383 e. The molecule has 1 N–H and O–H groups in total. The summed E-state index contributed by atoms with van der Waals surface area (Å²) in [7, 11) is 1.60. The van der Waals surface area contributed by atoms with Gasteiger partial charge in [0.2, 0.25) is 5.91 Å². The number of methoxy groups -OCH3 is 1. The molecule has 1 aromatic heterocycles. The molecule has 6 heteroatoms. The van der Waals surface area contributed by atoms with E-state index in [-0.39, 0.29) is 18.4 Å². The summed E-state index contributed by atoms with van der Waals surface area (Å²) in [6, 6.07) is 23.9. The Hall–Kier alpha value is -3.90. The minimum absolute atomic E-state index is 0.00370. The van der Waals surface area contributed by atoms with Crippen LogP contribution in [0.2, 0.25) is 0 Å². The summed E-state index contributed by atoms with van der Waals surface area (Å²) in [6.45, 7) is 5.69. The molecule has 0 saturated carbocycles. The summed E-state index contributed by atoms with van der Waals surface area (Å²) in [4.78, 5) is 33.9. The summed E-state index contributed by atoms with van der Waals surface area (Å²) in [5, 5.41) is 1.17. The highest BCUT2D eigenvalue weighted by atomic mass is 16.5. The second-order valence-electron chi connectivity index (χ2n) is 9.44. The molecule has 0 bridgehead atoms. The van der Waals surface area contributed by atoms with Crippen molar-refractivity contribution in [3.63, 3.8) is 0 Å². The number of ether oxygens (including phenoxy) is 1. The van der Waals surface area contributed by atoms with Crippen molar-refractivity contribution in [2.45, 2.75) is 26.8 Å². The van der Waals surface area contributed by atoms with Crippen LogP contribution in [-0.4, -0.2) is 59.9 Å². The third kappa shape index (κ3) is 6.66. The number of hydrogen-bond donors (Lipinski definition) is 1. The van der Waals surface area contributed by atoms with Crippen molar-refractivity contribution in [3.05, 3.63) is 107 Å². The predicted octanol–water partition coefficient (Wildman–Crippen LogP) is 5.14. The first-order valence-electron chi connectivity index (χ1n) is 12.7. The molecule has 0 fully saturated rings. The van der Waals surface area contributed by atoms with Gasteiger partial charge >= 0.3 is 0 Å². The molecule has 0 aliphatic heterocycles. The van der Waals surface area contributed by atoms with Crippen molar-refractivity contribution < 1.29 is 14.3 Å². The molecule has 6 nitrogen and oxygen atoms in total. The van der Waals surface area contributed by atoms with Gasteiger partial charge in [0.1, 0.15) is 6.54 Å². The highest BCUT2D eigenvalue weighted by Crippen LogP contribution is 2.19. The van der Waals surface area contributed by atoms with Gasteiger partial charge in [-0.2, -0.15) is 0 Å². The lowest BCUT2D eigenvalue weighted by Gasteiger charge is -2.28. The second-order valence-corrected chi connectivity index (χ2v) is 9.44. The molecule has 0 saturated heterocycles. The number of aromatic amines is 1. The van der Waals surface area contributed by atoms with Gasteiger partial charge in [0, 0.05) is 49.4 Å². The van der Waals surface area contributed by atoms with Gasteiger partial charge in [0.25, 0.3) is 5.91 Å². The molecule has 0 aliphatic carbocycles. The zero-order chi connectivity index (χ0) is 26.2. The monoisotopic (exact) mass is 497 g/mol. The van der Waals surface area contributed by atoms with E-state index in [1.54, 1.807) is 12.0 Å². The first kappa shape index (κ1) is 26.2. The number of rotatable bonds is 11. The molecule has 0 spiro atoms. The summed E-state index contributed by atoms with van der Waals surface area (Å²) in [5.41, 5.74) is 5.99. The molecular formula is C31H35N3O3. The fourth-order valence-electron chi connectivity index (χ4n) is 4.50. The standard InChI is InChI=1S/C31H35N3O3/c1-23-12-14-25(15-13-23)21-33(17-16-26-20-32-29-11-7-6-10-28(26)29)30(35)22-34(18-19-37-3)31(36)27-9-5-4-8-24(27)2/h4-15,20,32H,16-19,21-22H2,1-3H3. The average Bonchev–Trinajstić information content (AvgIpc) is 3.33. The minimum atomic E-state index is -0.157. The first-order chi connectivity index (χ1) is 18.0. The van der Waals surface area contributed by atoms with E-state index in [1.807, 2.05) is 54.4 Å². The van der Waals surface area contributed by atoms with Crippen molar-refractivity contribution in [2.24, 2.45) is 0 Å². The van der Waals surface area contributed by atoms with E-state index >= 15 is 0 Å². The predicted molar refractivity (Wildman–Crippen MR) is 148 cm³/mol. The number of carbonyl (C=O) groups excluding carboxylic acids is 2. The molecule has 0 atom stereocenters. The van der Waals surface area contributed by atoms with Crippen LogP contribution in [0.3, 0.4) is 0 Å². The Morgan fingerprint density at radius 1 is 0.865 bits per heavy atom. The van der Waals surface area contributed by atoms with Gasteiger partial charge < -0.3 is 19.5 Å². The van der Waals surface area contributed by atoms with Gasteiger partial charge in [-0.15, -0.1) is 0 Å². The van der Waals surface area contributed by atoms with E-state index in [9.17, 15) is 9.59 Å². The molecule has 0 aliphatic rings. The topological polar surface area (TPSA) is 65.6 Å². The smallest absolute Gasteiger partial charge is 0.254 e. The maximum absolute atomic E-state index is 13.7. The molecule has 37 heavy (non-hydrogen) atoms. The molecular weight excluding hydrogens is 462 g/mol. The van der Waals surface area contributed by atoms with Crippen molar-refractivity contribution in [3.8, 4) is 0 Å². The lowest BCUT2D eigenvalue weighted by molar-refractivity contribution is -0.132. The van der Waals surface area contributed by atoms with Crippen LogP contribution in [0.1, 0.15) is 32.6 Å². The number of para-hydroxylation sites is 1. The Bertz CT molecular complexity index is 1340. The van der Waals surface area contributed by atoms with E-state index in [0.717, 1.165) is 16.6 Å². The first-order valence-corrected chi connectivity index (χ1v) is 12.7. The third-order valence-corrected chi connectivity index (χ3v) is 6.73. The maximum atomic E-state index is 13.7. The highest BCUT2D eigenvalue weighted by Gasteiger charge is 2.23. The lowest BCUT2D eigenvalue weighted by atomic mass is 10.1. The number of fused-ring (bicyclic) bond motifs is 1. The molecule has 1 heterocycles. The quantitative estimate of drug-likeness (QED) is 0.312. The molecule has 0 unspecified atom stereocenters. The molecule has 3 aromatic carbocycles. The highest BCUT2D eigenvalue weighted by molar-refractivity contribution is 5.97. The van der Waals surface area contributed by atoms with Crippen LogP contribution in [-0.2, 0) is 22.5 Å². The van der Waals surface area contributed by atoms with Crippen LogP contribution in [0.25, 0.3) is 10.9 Å². The van der Waals surface area contributed by atoms with E-state index < -0.39 is 0 Å². The van der Waals surface area contributed by atoms with Gasteiger partial charge in [-0.05, 0) is 49.1 Å². The summed E-state index contributed by atoms with van der Waals surface area (Å²) in [5.74, 6) is -0.242. The number of amides is 2. The third-order valence-electron chi connectivity index (χ3n) is 6.73. The van der Waals surface area contributed by atoms with E-state index in [1.165, 1.54) is 16.5 Å². The number of nitrogens with one attached hydrogen (secondary N) is 1. The van der Waals surface area contributed by atoms with Gasteiger partial charge in [-0.3, -0.25) is 9.59 Å². The van der Waals surface area contributed by atoms with Crippen molar-refractivity contribution in [1.29, 1.82) is 0 Å². The maximum Gasteiger partial charge on any atom is 0.254 e. The number of hydrogen-bond acceptors (Lipinski definition) is 3. The van der Waals surface area contributed by atoms with E-state index in [4.69, 9.17) is 4.74 Å². The summed E-state index contributed by atoms with van der Waals surface area (Å²) in [6.07, 6.45) is 2.73. The molecule has 2 amide bonds. The Balaban J connectivity index is 1.55. The van der Waals surface area contributed by atoms with Crippen LogP contribution in [0, 0.1) is 13.8 Å². The normalized spacial score (nSPS) is 11.0. The Morgan fingerprint density at radius 2 is 1.59 bits per heavy atom. The van der Waals surface area contributed by atoms with Crippen LogP contribution in [0.15, 0.2) is 79.0 Å². The van der Waals surface area contributed by atoms with Crippen LogP contribution >= 0.6 is 0 Å². The summed E-state index contributed by atoms with van der Waals surface area (Å²) >= 11 is 0. The van der Waals surface area contributed by atoms with E-state index in [0.29, 0.717) is 38.2 Å². The van der Waals surface area contributed by atoms with Crippen LogP contribution in [0.4, 0.5) is 0 Å². The van der Waals surface area contributed by atoms with Gasteiger partial charge in [0.15, 0.2) is 0 Å². The second kappa shape index (κ2) is 12.4. The zero-order valence-corrected chi connectivity index (χ0v) is 21.9. The number of carbonyl (C=O) groups is 2. The Kier molecular flexibility index (Phi) is 8.75. The zero-order valence-electron chi connectivity index (χ0n) is 21.9. The van der Waals surface area contributed by atoms with E-state index in [2.05, 4.69) is 48.3 Å². The number of aryl methyl sites for hydroxylation is 2.